The van der Waals surface area contributed by atoms with Gasteiger partial charge in [0, 0.05) is 16.5 Å². The molecule has 0 amide bonds. The van der Waals surface area contributed by atoms with Gasteiger partial charge in [-0.1, -0.05) is 47.9 Å². The summed E-state index contributed by atoms with van der Waals surface area (Å²) in [7, 11) is 0. The van der Waals surface area contributed by atoms with Crippen LogP contribution in [0.5, 0.6) is 0 Å². The van der Waals surface area contributed by atoms with Gasteiger partial charge in [0.1, 0.15) is 0 Å². The van der Waals surface area contributed by atoms with Crippen LogP contribution in [0.2, 0.25) is 0 Å². The van der Waals surface area contributed by atoms with Gasteiger partial charge in [-0.2, -0.15) is 0 Å². The lowest BCUT2D eigenvalue weighted by atomic mass is 10.0. The molecule has 1 nitrogen and oxygen atoms in total. The van der Waals surface area contributed by atoms with E-state index in [1.807, 2.05) is 42.5 Å². The van der Waals surface area contributed by atoms with Gasteiger partial charge in [-0.15, -0.1) is 6.42 Å². The quantitative estimate of drug-likeness (QED) is 0.584. The Morgan fingerprint density at radius 3 is 2.53 bits per heavy atom. The van der Waals surface area contributed by atoms with E-state index in [2.05, 4.69) is 25.0 Å². The molecular formula is C18H13N. The number of hydrogen-bond donors (Lipinski definition) is 0. The number of benzene rings is 2. The molecule has 90 valence electrons. The van der Waals surface area contributed by atoms with Crippen molar-refractivity contribution < 1.29 is 0 Å². The molecule has 1 aromatic heterocycles. The van der Waals surface area contributed by atoms with Crippen LogP contribution in [0.1, 0.15) is 11.1 Å². The molecule has 19 heavy (non-hydrogen) atoms. The maximum atomic E-state index is 5.64. The van der Waals surface area contributed by atoms with Gasteiger partial charge >= 0.3 is 0 Å². The van der Waals surface area contributed by atoms with Gasteiger partial charge in [0.25, 0.3) is 0 Å². The molecule has 0 bridgehead atoms. The lowest BCUT2D eigenvalue weighted by Crippen LogP contribution is -1.90. The predicted molar refractivity (Wildman–Crippen MR) is 79.9 cm³/mol. The summed E-state index contributed by atoms with van der Waals surface area (Å²) in [5.41, 5.74) is 5.04. The molecule has 2 aromatic carbocycles. The third-order valence-corrected chi connectivity index (χ3v) is 3.19. The summed E-state index contributed by atoms with van der Waals surface area (Å²) in [6, 6.07) is 18.3. The summed E-state index contributed by atoms with van der Waals surface area (Å²) >= 11 is 0. The summed E-state index contributed by atoms with van der Waals surface area (Å²) in [5, 5.41) is 1.04. The van der Waals surface area contributed by atoms with Gasteiger partial charge in [0.15, 0.2) is 0 Å². The standard InChI is InChI=1S/C18H13N/c1-3-14-12-18(15-7-5-4-6-8-15)19-17-10-9-13(2)11-16(14)17/h1,4-12H,2H3. The monoisotopic (exact) mass is 243 g/mol. The molecule has 0 saturated heterocycles. The minimum absolute atomic E-state index is 0.896. The summed E-state index contributed by atoms with van der Waals surface area (Å²) in [4.78, 5) is 4.70. The molecule has 0 unspecified atom stereocenters. The van der Waals surface area contributed by atoms with E-state index in [9.17, 15) is 0 Å². The van der Waals surface area contributed by atoms with Crippen LogP contribution in [-0.2, 0) is 0 Å². The minimum Gasteiger partial charge on any atom is -0.248 e. The van der Waals surface area contributed by atoms with E-state index in [-0.39, 0.29) is 0 Å². The van der Waals surface area contributed by atoms with Crippen molar-refractivity contribution in [1.29, 1.82) is 0 Å². The smallest absolute Gasteiger partial charge is 0.0722 e. The fourth-order valence-corrected chi connectivity index (χ4v) is 2.22. The Morgan fingerprint density at radius 2 is 1.79 bits per heavy atom. The van der Waals surface area contributed by atoms with Crippen LogP contribution in [0, 0.1) is 19.3 Å². The van der Waals surface area contributed by atoms with Crippen molar-refractivity contribution in [3.63, 3.8) is 0 Å². The Bertz CT molecular complexity index is 780. The van der Waals surface area contributed by atoms with Crippen molar-refractivity contribution in [2.75, 3.05) is 0 Å². The van der Waals surface area contributed by atoms with Crippen LogP contribution in [-0.4, -0.2) is 4.98 Å². The highest BCUT2D eigenvalue weighted by molar-refractivity contribution is 5.88. The van der Waals surface area contributed by atoms with Crippen LogP contribution in [0.25, 0.3) is 22.2 Å². The van der Waals surface area contributed by atoms with Crippen molar-refractivity contribution >= 4 is 10.9 Å². The zero-order valence-corrected chi connectivity index (χ0v) is 10.7. The van der Waals surface area contributed by atoms with Crippen molar-refractivity contribution in [1.82, 2.24) is 4.98 Å². The molecule has 3 aromatic rings. The average Bonchev–Trinajstić information content (AvgIpc) is 2.47. The number of fused-ring (bicyclic) bond motifs is 1. The number of pyridine rings is 1. The number of nitrogens with zero attached hydrogens (tertiary/aromatic N) is 1. The Labute approximate surface area is 112 Å². The molecule has 0 atom stereocenters. The normalized spacial score (nSPS) is 10.3. The van der Waals surface area contributed by atoms with Gasteiger partial charge in [0.2, 0.25) is 0 Å². The fraction of sp³-hybridized carbons (Fsp3) is 0.0556. The van der Waals surface area contributed by atoms with Gasteiger partial charge in [-0.25, -0.2) is 4.98 Å². The van der Waals surface area contributed by atoms with Gasteiger partial charge in [0.05, 0.1) is 11.2 Å². The van der Waals surface area contributed by atoms with Crippen molar-refractivity contribution in [2.24, 2.45) is 0 Å². The van der Waals surface area contributed by atoms with E-state index in [1.165, 1.54) is 5.56 Å². The second-order valence-electron chi connectivity index (χ2n) is 4.59. The molecule has 0 N–H and O–H groups in total. The molecule has 1 heteroatoms. The molecule has 1 heterocycles. The third kappa shape index (κ3) is 2.09. The number of terminal acetylenes is 1. The van der Waals surface area contributed by atoms with E-state index in [0.29, 0.717) is 0 Å². The van der Waals surface area contributed by atoms with E-state index >= 15 is 0 Å². The second-order valence-corrected chi connectivity index (χ2v) is 4.59. The second kappa shape index (κ2) is 4.59. The summed E-state index contributed by atoms with van der Waals surface area (Å²) in [5.74, 6) is 2.77. The molecular weight excluding hydrogens is 230 g/mol. The van der Waals surface area contributed by atoms with Crippen molar-refractivity contribution in [3.8, 4) is 23.6 Å². The van der Waals surface area contributed by atoms with E-state index in [0.717, 1.165) is 27.7 Å². The Kier molecular flexibility index (Phi) is 2.78. The predicted octanol–water partition coefficient (Wildman–Crippen LogP) is 4.19. The summed E-state index contributed by atoms with van der Waals surface area (Å²) in [6.45, 7) is 2.06. The summed E-state index contributed by atoms with van der Waals surface area (Å²) < 4.78 is 0. The Balaban J connectivity index is 2.30. The van der Waals surface area contributed by atoms with E-state index in [4.69, 9.17) is 11.4 Å². The fourth-order valence-electron chi connectivity index (χ4n) is 2.22. The van der Waals surface area contributed by atoms with Crippen LogP contribution in [0.4, 0.5) is 0 Å². The Morgan fingerprint density at radius 1 is 1.00 bits per heavy atom. The zero-order valence-electron chi connectivity index (χ0n) is 10.7. The molecule has 0 fully saturated rings. The molecule has 0 aliphatic heterocycles. The lowest BCUT2D eigenvalue weighted by molar-refractivity contribution is 1.38. The highest BCUT2D eigenvalue weighted by Gasteiger charge is 2.06. The molecule has 0 aliphatic carbocycles. The van der Waals surface area contributed by atoms with E-state index < -0.39 is 0 Å². The maximum absolute atomic E-state index is 5.64. The number of aromatic nitrogens is 1. The highest BCUT2D eigenvalue weighted by atomic mass is 14.7. The molecule has 0 spiro atoms. The van der Waals surface area contributed by atoms with Crippen LogP contribution in [0.3, 0.4) is 0 Å². The van der Waals surface area contributed by atoms with E-state index in [1.54, 1.807) is 0 Å². The first-order valence-electron chi connectivity index (χ1n) is 6.21. The molecule has 0 radical (unpaired) electrons. The highest BCUT2D eigenvalue weighted by Crippen LogP contribution is 2.24. The lowest BCUT2D eigenvalue weighted by Gasteiger charge is -2.07. The largest absolute Gasteiger partial charge is 0.248 e. The first kappa shape index (κ1) is 11.5. The van der Waals surface area contributed by atoms with Crippen LogP contribution < -0.4 is 0 Å². The Hall–Kier alpha value is -2.59. The van der Waals surface area contributed by atoms with Crippen LogP contribution >= 0.6 is 0 Å². The van der Waals surface area contributed by atoms with Crippen molar-refractivity contribution in [2.45, 2.75) is 6.92 Å². The minimum atomic E-state index is 0.896. The van der Waals surface area contributed by atoms with Crippen molar-refractivity contribution in [3.05, 3.63) is 65.7 Å². The molecule has 3 rings (SSSR count). The SMILES string of the molecule is C#Cc1cc(-c2ccccc2)nc2ccc(C)cc12. The summed E-state index contributed by atoms with van der Waals surface area (Å²) in [6.07, 6.45) is 5.64. The molecule has 0 aliphatic rings. The topological polar surface area (TPSA) is 12.9 Å². The third-order valence-electron chi connectivity index (χ3n) is 3.19. The number of hydrogen-bond acceptors (Lipinski definition) is 1. The van der Waals surface area contributed by atoms with Crippen LogP contribution in [0.15, 0.2) is 54.6 Å². The first-order valence-corrected chi connectivity index (χ1v) is 6.21. The van der Waals surface area contributed by atoms with Gasteiger partial charge in [-0.05, 0) is 25.1 Å². The zero-order chi connectivity index (χ0) is 13.2. The number of aryl methyl sites for hydroxylation is 1. The number of rotatable bonds is 1. The first-order chi connectivity index (χ1) is 9.28. The van der Waals surface area contributed by atoms with Gasteiger partial charge in [-0.3, -0.25) is 0 Å². The molecule has 0 saturated carbocycles. The average molecular weight is 243 g/mol. The maximum Gasteiger partial charge on any atom is 0.0722 e. The van der Waals surface area contributed by atoms with Gasteiger partial charge < -0.3 is 0 Å².